The van der Waals surface area contributed by atoms with Crippen molar-refractivity contribution in [3.63, 3.8) is 0 Å². The van der Waals surface area contributed by atoms with Gasteiger partial charge in [0.1, 0.15) is 6.54 Å². The lowest BCUT2D eigenvalue weighted by Crippen LogP contribution is -2.20. The average molecular weight is 308 g/mol. The number of rotatable bonds is 4. The quantitative estimate of drug-likeness (QED) is 0.717. The second kappa shape index (κ2) is 6.27. The molecule has 0 bridgehead atoms. The second-order valence-electron chi connectivity index (χ2n) is 5.18. The van der Waals surface area contributed by atoms with Crippen LogP contribution in [0.2, 0.25) is 0 Å². The Morgan fingerprint density at radius 3 is 2.74 bits per heavy atom. The summed E-state index contributed by atoms with van der Waals surface area (Å²) in [7, 11) is 0. The first-order chi connectivity index (χ1) is 11.1. The van der Waals surface area contributed by atoms with Gasteiger partial charge in [-0.1, -0.05) is 12.1 Å². The Balaban J connectivity index is 1.66. The van der Waals surface area contributed by atoms with Gasteiger partial charge in [0, 0.05) is 16.9 Å². The number of nitrogens with two attached hydrogens (primary N) is 1. The maximum absolute atomic E-state index is 12.0. The summed E-state index contributed by atoms with van der Waals surface area (Å²) in [6.45, 7) is 1.96. The van der Waals surface area contributed by atoms with Gasteiger partial charge in [0.25, 0.3) is 0 Å². The van der Waals surface area contributed by atoms with Gasteiger partial charge in [-0.25, -0.2) is 0 Å². The van der Waals surface area contributed by atoms with Gasteiger partial charge in [0.15, 0.2) is 0 Å². The van der Waals surface area contributed by atoms with Gasteiger partial charge < -0.3 is 11.1 Å². The lowest BCUT2D eigenvalue weighted by atomic mass is 10.2. The van der Waals surface area contributed by atoms with E-state index in [4.69, 9.17) is 5.73 Å². The number of nitrogen functional groups attached to an aromatic ring is 1. The van der Waals surface area contributed by atoms with Gasteiger partial charge in [0.2, 0.25) is 11.7 Å². The predicted molar refractivity (Wildman–Crippen MR) is 87.5 cm³/mol. The number of nitrogens with one attached hydrogen (secondary N) is 1. The van der Waals surface area contributed by atoms with Gasteiger partial charge in [-0.05, 0) is 54.1 Å². The summed E-state index contributed by atoms with van der Waals surface area (Å²) in [5.41, 5.74) is 8.93. The van der Waals surface area contributed by atoms with E-state index in [9.17, 15) is 4.79 Å². The highest BCUT2D eigenvalue weighted by molar-refractivity contribution is 5.90. The van der Waals surface area contributed by atoms with E-state index in [1.54, 1.807) is 12.1 Å². The van der Waals surface area contributed by atoms with Crippen LogP contribution in [0.25, 0.3) is 11.4 Å². The van der Waals surface area contributed by atoms with Crippen LogP contribution in [0.3, 0.4) is 0 Å². The fraction of sp³-hybridized carbons (Fsp3) is 0.125. The minimum absolute atomic E-state index is 0.00405. The SMILES string of the molecule is Cc1cccc(NC(=O)Cn2nnc(-c3ccc(N)cc3)n2)c1. The first-order valence-electron chi connectivity index (χ1n) is 7.10. The van der Waals surface area contributed by atoms with Gasteiger partial charge in [0.05, 0.1) is 0 Å². The fourth-order valence-electron chi connectivity index (χ4n) is 2.11. The normalized spacial score (nSPS) is 10.5. The zero-order valence-corrected chi connectivity index (χ0v) is 12.6. The molecule has 0 unspecified atom stereocenters. The zero-order valence-electron chi connectivity index (χ0n) is 12.6. The van der Waals surface area contributed by atoms with Crippen LogP contribution in [0.5, 0.6) is 0 Å². The molecule has 0 aliphatic rings. The molecule has 1 heterocycles. The Kier molecular flexibility index (Phi) is 4.01. The van der Waals surface area contributed by atoms with Gasteiger partial charge in [-0.15, -0.1) is 10.2 Å². The first-order valence-corrected chi connectivity index (χ1v) is 7.10. The number of hydrogen-bond acceptors (Lipinski definition) is 5. The molecule has 0 fully saturated rings. The van der Waals surface area contributed by atoms with Crippen LogP contribution in [0.1, 0.15) is 5.56 Å². The van der Waals surface area contributed by atoms with Crippen LogP contribution >= 0.6 is 0 Å². The summed E-state index contributed by atoms with van der Waals surface area (Å²) >= 11 is 0. The lowest BCUT2D eigenvalue weighted by Gasteiger charge is -2.04. The van der Waals surface area contributed by atoms with E-state index in [1.807, 2.05) is 43.3 Å². The number of amides is 1. The third-order valence-electron chi connectivity index (χ3n) is 3.21. The van der Waals surface area contributed by atoms with Crippen LogP contribution in [-0.4, -0.2) is 26.1 Å². The Hall–Kier alpha value is -3.22. The number of aromatic nitrogens is 4. The summed E-state index contributed by atoms with van der Waals surface area (Å²) in [6, 6.07) is 14.7. The second-order valence-corrected chi connectivity index (χ2v) is 5.18. The van der Waals surface area contributed by atoms with Crippen molar-refractivity contribution < 1.29 is 4.79 Å². The molecule has 0 atom stereocenters. The van der Waals surface area contributed by atoms with Crippen LogP contribution in [-0.2, 0) is 11.3 Å². The molecular formula is C16H16N6O. The number of nitrogens with zero attached hydrogens (tertiary/aromatic N) is 4. The molecule has 0 saturated carbocycles. The summed E-state index contributed by atoms with van der Waals surface area (Å²) < 4.78 is 0. The molecule has 7 heteroatoms. The molecule has 3 N–H and O–H groups in total. The monoisotopic (exact) mass is 308 g/mol. The van der Waals surface area contributed by atoms with Gasteiger partial charge >= 0.3 is 0 Å². The van der Waals surface area contributed by atoms with Crippen molar-refractivity contribution in [2.45, 2.75) is 13.5 Å². The minimum Gasteiger partial charge on any atom is -0.399 e. The molecular weight excluding hydrogens is 292 g/mol. The highest BCUT2D eigenvalue weighted by Crippen LogP contribution is 2.15. The summed E-state index contributed by atoms with van der Waals surface area (Å²) in [5.74, 6) is 0.241. The Bertz CT molecular complexity index is 825. The number of tetrazole rings is 1. The molecule has 1 aromatic heterocycles. The zero-order chi connectivity index (χ0) is 16.2. The standard InChI is InChI=1S/C16H16N6O/c1-11-3-2-4-14(9-11)18-15(23)10-22-20-16(19-21-22)12-5-7-13(17)8-6-12/h2-9H,10,17H2,1H3,(H,18,23). The molecule has 0 spiro atoms. The number of carbonyl (C=O) groups excluding carboxylic acids is 1. The maximum atomic E-state index is 12.0. The third kappa shape index (κ3) is 3.70. The van der Waals surface area contributed by atoms with Gasteiger partial charge in [-0.3, -0.25) is 4.79 Å². The molecule has 23 heavy (non-hydrogen) atoms. The molecule has 2 aromatic carbocycles. The summed E-state index contributed by atoms with van der Waals surface area (Å²) in [4.78, 5) is 13.3. The average Bonchev–Trinajstić information content (AvgIpc) is 2.96. The predicted octanol–water partition coefficient (Wildman–Crippen LogP) is 1.87. The van der Waals surface area contributed by atoms with Crippen LogP contribution < -0.4 is 11.1 Å². The molecule has 7 nitrogen and oxygen atoms in total. The van der Waals surface area contributed by atoms with Crippen molar-refractivity contribution in [3.05, 3.63) is 54.1 Å². The van der Waals surface area contributed by atoms with Crippen molar-refractivity contribution in [2.24, 2.45) is 0 Å². The van der Waals surface area contributed by atoms with Crippen molar-refractivity contribution in [1.29, 1.82) is 0 Å². The van der Waals surface area contributed by atoms with Gasteiger partial charge in [-0.2, -0.15) is 4.80 Å². The van der Waals surface area contributed by atoms with E-state index >= 15 is 0 Å². The van der Waals surface area contributed by atoms with E-state index in [0.717, 1.165) is 16.8 Å². The molecule has 0 radical (unpaired) electrons. The van der Waals surface area contributed by atoms with Crippen LogP contribution in [0, 0.1) is 6.92 Å². The number of benzene rings is 2. The molecule has 0 aliphatic carbocycles. The Labute approximate surface area is 133 Å². The van der Waals surface area contributed by atoms with Crippen molar-refractivity contribution in [2.75, 3.05) is 11.1 Å². The smallest absolute Gasteiger partial charge is 0.248 e. The van der Waals surface area contributed by atoms with Crippen LogP contribution in [0.4, 0.5) is 11.4 Å². The molecule has 3 aromatic rings. The number of aryl methyl sites for hydroxylation is 1. The summed E-state index contributed by atoms with van der Waals surface area (Å²) in [6.07, 6.45) is 0. The number of carbonyl (C=O) groups is 1. The number of hydrogen-bond donors (Lipinski definition) is 2. The molecule has 0 saturated heterocycles. The lowest BCUT2D eigenvalue weighted by molar-refractivity contribution is -0.117. The first kappa shape index (κ1) is 14.7. The topological polar surface area (TPSA) is 98.7 Å². The molecule has 0 aliphatic heterocycles. The largest absolute Gasteiger partial charge is 0.399 e. The van der Waals surface area contributed by atoms with Crippen molar-refractivity contribution in [1.82, 2.24) is 20.2 Å². The minimum atomic E-state index is -0.211. The maximum Gasteiger partial charge on any atom is 0.248 e. The van der Waals surface area contributed by atoms with E-state index in [0.29, 0.717) is 11.5 Å². The van der Waals surface area contributed by atoms with Crippen LogP contribution in [0.15, 0.2) is 48.5 Å². The van der Waals surface area contributed by atoms with E-state index in [2.05, 4.69) is 20.7 Å². The Morgan fingerprint density at radius 2 is 2.00 bits per heavy atom. The van der Waals surface area contributed by atoms with Crippen molar-refractivity contribution in [3.8, 4) is 11.4 Å². The highest BCUT2D eigenvalue weighted by Gasteiger charge is 2.09. The van der Waals surface area contributed by atoms with E-state index in [1.165, 1.54) is 4.80 Å². The van der Waals surface area contributed by atoms with E-state index < -0.39 is 0 Å². The summed E-state index contributed by atoms with van der Waals surface area (Å²) in [5, 5.41) is 14.9. The third-order valence-corrected chi connectivity index (χ3v) is 3.21. The molecule has 116 valence electrons. The van der Waals surface area contributed by atoms with Crippen molar-refractivity contribution >= 4 is 17.3 Å². The number of anilines is 2. The van der Waals surface area contributed by atoms with E-state index in [-0.39, 0.29) is 12.5 Å². The fourth-order valence-corrected chi connectivity index (χ4v) is 2.11. The highest BCUT2D eigenvalue weighted by atomic mass is 16.2. The molecule has 1 amide bonds. The Morgan fingerprint density at radius 1 is 1.22 bits per heavy atom. The molecule has 3 rings (SSSR count).